The number of hydrogen-bond acceptors (Lipinski definition) is 3. The van der Waals surface area contributed by atoms with E-state index in [1.54, 1.807) is 7.11 Å². The average Bonchev–Trinajstić information content (AvgIpc) is 2.73. The van der Waals surface area contributed by atoms with Crippen molar-refractivity contribution in [2.45, 2.75) is 10.1 Å². The molecule has 0 aliphatic rings. The number of nitrogens with zero attached hydrogens (tertiary/aromatic N) is 1. The molecule has 128 valence electrons. The molecule has 0 saturated heterocycles. The molecule has 2 nitrogen and oxygen atoms in total. The molecule has 4 rings (SSSR count). The normalized spacial score (nSPS) is 12.0. The lowest BCUT2D eigenvalue weighted by Gasteiger charge is -2.20. The lowest BCUT2D eigenvalue weighted by atomic mass is 10.0. The maximum absolute atomic E-state index is 5.33. The quantitative estimate of drug-likeness (QED) is 0.401. The van der Waals surface area contributed by atoms with E-state index in [1.807, 2.05) is 42.2 Å². The molecule has 0 radical (unpaired) electrons. The lowest BCUT2D eigenvalue weighted by Crippen LogP contribution is -1.99. The lowest BCUT2D eigenvalue weighted by molar-refractivity contribution is 0.414. The van der Waals surface area contributed by atoms with Gasteiger partial charge in [0.2, 0.25) is 0 Å². The highest BCUT2D eigenvalue weighted by molar-refractivity contribution is 7.99. The van der Waals surface area contributed by atoms with Crippen molar-refractivity contribution in [2.75, 3.05) is 7.11 Å². The third kappa shape index (κ3) is 3.44. The summed E-state index contributed by atoms with van der Waals surface area (Å²) in [5, 5.41) is 1.37. The van der Waals surface area contributed by atoms with Crippen LogP contribution in [0.1, 0.15) is 16.4 Å². The Kier molecular flexibility index (Phi) is 4.89. The molecule has 3 heteroatoms. The monoisotopic (exact) mass is 357 g/mol. The van der Waals surface area contributed by atoms with Crippen LogP contribution in [-0.2, 0) is 0 Å². The maximum atomic E-state index is 5.33. The van der Waals surface area contributed by atoms with E-state index in [2.05, 4.69) is 65.6 Å². The molecule has 0 spiro atoms. The third-order valence-corrected chi connectivity index (χ3v) is 5.69. The van der Waals surface area contributed by atoms with Gasteiger partial charge in [0.25, 0.3) is 0 Å². The summed E-state index contributed by atoms with van der Waals surface area (Å²) in [7, 11) is 1.70. The first-order chi connectivity index (χ1) is 12.8. The molecule has 1 aromatic heterocycles. The summed E-state index contributed by atoms with van der Waals surface area (Å²) in [6.45, 7) is 0. The predicted octanol–water partition coefficient (Wildman–Crippen LogP) is 6.13. The minimum absolute atomic E-state index is 0.177. The van der Waals surface area contributed by atoms with E-state index in [-0.39, 0.29) is 5.25 Å². The van der Waals surface area contributed by atoms with Crippen LogP contribution in [0.4, 0.5) is 0 Å². The summed E-state index contributed by atoms with van der Waals surface area (Å²) in [6, 6.07) is 29.3. The Hall–Kier alpha value is -2.78. The third-order valence-electron chi connectivity index (χ3n) is 4.38. The van der Waals surface area contributed by atoms with E-state index in [0.29, 0.717) is 0 Å². The second-order valence-corrected chi connectivity index (χ2v) is 7.18. The highest BCUT2D eigenvalue weighted by Gasteiger charge is 2.18. The van der Waals surface area contributed by atoms with Crippen molar-refractivity contribution in [3.05, 3.63) is 102 Å². The van der Waals surface area contributed by atoms with Gasteiger partial charge in [-0.2, -0.15) is 0 Å². The highest BCUT2D eigenvalue weighted by Crippen LogP contribution is 2.42. The van der Waals surface area contributed by atoms with Crippen molar-refractivity contribution >= 4 is 22.7 Å². The van der Waals surface area contributed by atoms with Gasteiger partial charge in [0, 0.05) is 16.5 Å². The zero-order chi connectivity index (χ0) is 17.8. The molecule has 0 saturated carbocycles. The van der Waals surface area contributed by atoms with Gasteiger partial charge in [-0.05, 0) is 47.5 Å². The standard InChI is InChI=1S/C23H19NOS/c1-25-18-13-11-17(12-14-18)23(26-19-7-3-2-4-8-19)21-15-16-24-22-10-6-5-9-20(21)22/h2-16,23H,1H3. The fraction of sp³-hybridized carbons (Fsp3) is 0.0870. The number of hydrogen-bond donors (Lipinski definition) is 0. The Bertz CT molecular complexity index is 994. The summed E-state index contributed by atoms with van der Waals surface area (Å²) in [5.41, 5.74) is 3.54. The van der Waals surface area contributed by atoms with Gasteiger partial charge < -0.3 is 4.74 Å². The van der Waals surface area contributed by atoms with Gasteiger partial charge in [0.1, 0.15) is 5.75 Å². The largest absolute Gasteiger partial charge is 0.497 e. The smallest absolute Gasteiger partial charge is 0.118 e. The molecule has 1 unspecified atom stereocenters. The van der Waals surface area contributed by atoms with Crippen molar-refractivity contribution in [2.24, 2.45) is 0 Å². The first-order valence-corrected chi connectivity index (χ1v) is 9.42. The van der Waals surface area contributed by atoms with Crippen LogP contribution < -0.4 is 4.74 Å². The van der Waals surface area contributed by atoms with Gasteiger partial charge >= 0.3 is 0 Å². The van der Waals surface area contributed by atoms with Crippen LogP contribution in [0, 0.1) is 0 Å². The predicted molar refractivity (Wildman–Crippen MR) is 109 cm³/mol. The molecule has 3 aromatic carbocycles. The molecular weight excluding hydrogens is 338 g/mol. The highest BCUT2D eigenvalue weighted by atomic mass is 32.2. The molecule has 4 aromatic rings. The number of benzene rings is 3. The topological polar surface area (TPSA) is 22.1 Å². The van der Waals surface area contributed by atoms with Crippen LogP contribution in [0.15, 0.2) is 96.0 Å². The number of thioether (sulfide) groups is 1. The van der Waals surface area contributed by atoms with E-state index in [4.69, 9.17) is 4.74 Å². The van der Waals surface area contributed by atoms with E-state index in [0.717, 1.165) is 11.3 Å². The van der Waals surface area contributed by atoms with Gasteiger partial charge in [0.05, 0.1) is 17.9 Å². The van der Waals surface area contributed by atoms with Crippen LogP contribution in [0.3, 0.4) is 0 Å². The molecule has 26 heavy (non-hydrogen) atoms. The van der Waals surface area contributed by atoms with Gasteiger partial charge in [-0.25, -0.2) is 0 Å². The first kappa shape index (κ1) is 16.7. The summed E-state index contributed by atoms with van der Waals surface area (Å²) >= 11 is 1.85. The SMILES string of the molecule is COc1ccc(C(Sc2ccccc2)c2ccnc3ccccc23)cc1. The number of para-hydroxylation sites is 1. The van der Waals surface area contributed by atoms with Crippen LogP contribution in [-0.4, -0.2) is 12.1 Å². The van der Waals surface area contributed by atoms with Crippen LogP contribution in [0.2, 0.25) is 0 Å². The average molecular weight is 357 g/mol. The minimum atomic E-state index is 0.177. The van der Waals surface area contributed by atoms with E-state index < -0.39 is 0 Å². The van der Waals surface area contributed by atoms with Gasteiger partial charge in [-0.15, -0.1) is 11.8 Å². The summed E-state index contributed by atoms with van der Waals surface area (Å²) < 4.78 is 5.33. The molecule has 1 atom stereocenters. The molecule has 0 fully saturated rings. The zero-order valence-corrected chi connectivity index (χ0v) is 15.3. The summed E-state index contributed by atoms with van der Waals surface area (Å²) in [5.74, 6) is 0.872. The fourth-order valence-corrected chi connectivity index (χ4v) is 4.28. The molecule has 1 heterocycles. The van der Waals surface area contributed by atoms with E-state index >= 15 is 0 Å². The minimum Gasteiger partial charge on any atom is -0.497 e. The number of aromatic nitrogens is 1. The van der Waals surface area contributed by atoms with Crippen molar-refractivity contribution < 1.29 is 4.74 Å². The summed E-state index contributed by atoms with van der Waals surface area (Å²) in [4.78, 5) is 5.77. The Labute approximate surface area is 157 Å². The van der Waals surface area contributed by atoms with Crippen molar-refractivity contribution in [3.8, 4) is 5.75 Å². The maximum Gasteiger partial charge on any atom is 0.118 e. The first-order valence-electron chi connectivity index (χ1n) is 8.54. The molecule has 0 aliphatic carbocycles. The Morgan fingerprint density at radius 3 is 2.31 bits per heavy atom. The molecule has 0 amide bonds. The Morgan fingerprint density at radius 2 is 1.54 bits per heavy atom. The second kappa shape index (κ2) is 7.63. The fourth-order valence-electron chi connectivity index (χ4n) is 3.07. The number of ether oxygens (including phenoxy) is 1. The number of fused-ring (bicyclic) bond motifs is 1. The number of methoxy groups -OCH3 is 1. The van der Waals surface area contributed by atoms with Crippen LogP contribution in [0.5, 0.6) is 5.75 Å². The van der Waals surface area contributed by atoms with Gasteiger partial charge in [0.15, 0.2) is 0 Å². The molecule has 0 N–H and O–H groups in total. The van der Waals surface area contributed by atoms with E-state index in [1.165, 1.54) is 21.4 Å². The second-order valence-electron chi connectivity index (χ2n) is 6.00. The number of pyridine rings is 1. The zero-order valence-electron chi connectivity index (χ0n) is 14.5. The van der Waals surface area contributed by atoms with Crippen molar-refractivity contribution in [1.29, 1.82) is 0 Å². The van der Waals surface area contributed by atoms with Crippen molar-refractivity contribution in [3.63, 3.8) is 0 Å². The Morgan fingerprint density at radius 1 is 0.808 bits per heavy atom. The van der Waals surface area contributed by atoms with Crippen molar-refractivity contribution in [1.82, 2.24) is 4.98 Å². The van der Waals surface area contributed by atoms with Crippen LogP contribution in [0.25, 0.3) is 10.9 Å². The van der Waals surface area contributed by atoms with E-state index in [9.17, 15) is 0 Å². The van der Waals surface area contributed by atoms with Gasteiger partial charge in [-0.3, -0.25) is 4.98 Å². The van der Waals surface area contributed by atoms with Gasteiger partial charge in [-0.1, -0.05) is 48.5 Å². The number of rotatable bonds is 5. The molecular formula is C23H19NOS. The Balaban J connectivity index is 1.83. The molecule has 0 bridgehead atoms. The molecule has 0 aliphatic heterocycles. The summed E-state index contributed by atoms with van der Waals surface area (Å²) in [6.07, 6.45) is 1.90. The van der Waals surface area contributed by atoms with Crippen LogP contribution >= 0.6 is 11.8 Å².